The summed E-state index contributed by atoms with van der Waals surface area (Å²) in [5.41, 5.74) is 1.11. The van der Waals surface area contributed by atoms with Crippen LogP contribution in [0.4, 0.5) is 0 Å². The molecule has 58 valence electrons. The number of aromatic nitrogens is 2. The van der Waals surface area contributed by atoms with E-state index in [1.165, 1.54) is 6.33 Å². The summed E-state index contributed by atoms with van der Waals surface area (Å²) in [5, 5.41) is 6.77. The normalized spacial score (nSPS) is 18.0. The molecule has 0 atom stereocenters. The van der Waals surface area contributed by atoms with Crippen LogP contribution >= 0.6 is 0 Å². The molecule has 0 amide bonds. The van der Waals surface area contributed by atoms with E-state index in [0.29, 0.717) is 5.89 Å². The van der Waals surface area contributed by atoms with Gasteiger partial charge in [-0.25, -0.2) is 0 Å². The predicted molar refractivity (Wildman–Crippen MR) is 39.8 cm³/mol. The van der Waals surface area contributed by atoms with Crippen LogP contribution in [0.1, 0.15) is 12.3 Å². The highest BCUT2D eigenvalue weighted by Gasteiger charge is 2.09. The summed E-state index contributed by atoms with van der Waals surface area (Å²) in [6, 6.07) is 0. The molecule has 0 saturated carbocycles. The lowest BCUT2D eigenvalue weighted by molar-refractivity contribution is 0.404. The lowest BCUT2D eigenvalue weighted by atomic mass is 10.1. The summed E-state index contributed by atoms with van der Waals surface area (Å²) >= 11 is 0. The van der Waals surface area contributed by atoms with Gasteiger partial charge in [0.15, 0.2) is 6.33 Å². The smallest absolute Gasteiger partial charge is 0.254 e. The third-order valence-electron chi connectivity index (χ3n) is 1.66. The van der Waals surface area contributed by atoms with Crippen molar-refractivity contribution in [1.29, 1.82) is 0 Å². The Morgan fingerprint density at radius 2 is 2.55 bits per heavy atom. The Morgan fingerprint density at radius 1 is 1.55 bits per heavy atom. The molecule has 0 aromatic carbocycles. The molecule has 0 unspecified atom stereocenters. The van der Waals surface area contributed by atoms with Gasteiger partial charge in [-0.1, -0.05) is 11.2 Å². The Kier molecular flexibility index (Phi) is 1.69. The molecule has 4 nitrogen and oxygen atoms in total. The van der Waals surface area contributed by atoms with Gasteiger partial charge in [0.25, 0.3) is 5.89 Å². The maximum Gasteiger partial charge on any atom is 0.254 e. The van der Waals surface area contributed by atoms with Crippen LogP contribution in [0, 0.1) is 0 Å². The van der Waals surface area contributed by atoms with Gasteiger partial charge in [0.05, 0.1) is 0 Å². The Bertz CT molecular complexity index is 253. The molecule has 4 heteroatoms. The van der Waals surface area contributed by atoms with Crippen molar-refractivity contribution >= 4 is 5.57 Å². The lowest BCUT2D eigenvalue weighted by Gasteiger charge is -2.09. The quantitative estimate of drug-likeness (QED) is 0.633. The lowest BCUT2D eigenvalue weighted by Crippen LogP contribution is -2.21. The zero-order chi connectivity index (χ0) is 7.52. The Morgan fingerprint density at radius 3 is 3.18 bits per heavy atom. The minimum atomic E-state index is 0.636. The van der Waals surface area contributed by atoms with Crippen molar-refractivity contribution in [1.82, 2.24) is 15.5 Å². The molecule has 1 aromatic rings. The van der Waals surface area contributed by atoms with Crippen LogP contribution in [0.5, 0.6) is 0 Å². The van der Waals surface area contributed by atoms with E-state index >= 15 is 0 Å². The summed E-state index contributed by atoms with van der Waals surface area (Å²) in [6.45, 7) is 1.87. The minimum Gasteiger partial charge on any atom is -0.335 e. The van der Waals surface area contributed by atoms with Gasteiger partial charge in [-0.2, -0.15) is 4.98 Å². The Labute approximate surface area is 64.3 Å². The highest BCUT2D eigenvalue weighted by atomic mass is 16.5. The van der Waals surface area contributed by atoms with Gasteiger partial charge in [0.2, 0.25) is 0 Å². The fraction of sp³-hybridized carbons (Fsp3) is 0.429. The average Bonchev–Trinajstić information content (AvgIpc) is 2.58. The number of nitrogens with zero attached hydrogens (tertiary/aromatic N) is 2. The summed E-state index contributed by atoms with van der Waals surface area (Å²) in [7, 11) is 0. The zero-order valence-corrected chi connectivity index (χ0v) is 6.08. The van der Waals surface area contributed by atoms with Gasteiger partial charge in [-0.15, -0.1) is 0 Å². The molecule has 11 heavy (non-hydrogen) atoms. The predicted octanol–water partition coefficient (Wildman–Crippen LogP) is 0.446. The van der Waals surface area contributed by atoms with E-state index in [1.54, 1.807) is 0 Å². The number of rotatable bonds is 1. The van der Waals surface area contributed by atoms with E-state index in [4.69, 9.17) is 4.52 Å². The van der Waals surface area contributed by atoms with E-state index in [-0.39, 0.29) is 0 Å². The van der Waals surface area contributed by atoms with Crippen molar-refractivity contribution in [3.63, 3.8) is 0 Å². The first kappa shape index (κ1) is 6.54. The van der Waals surface area contributed by atoms with Crippen LogP contribution in [0.25, 0.3) is 5.57 Å². The van der Waals surface area contributed by atoms with Crippen LogP contribution in [-0.4, -0.2) is 23.2 Å². The monoisotopic (exact) mass is 151 g/mol. The maximum absolute atomic E-state index is 4.90. The molecule has 0 fully saturated rings. The summed E-state index contributed by atoms with van der Waals surface area (Å²) in [6.07, 6.45) is 4.59. The molecule has 2 rings (SSSR count). The zero-order valence-electron chi connectivity index (χ0n) is 6.08. The standard InChI is InChI=1S/C7H9N3O/c1-2-6(4-8-3-1)7-9-5-10-11-7/h2,5,8H,1,3-4H2. The van der Waals surface area contributed by atoms with Crippen molar-refractivity contribution in [3.8, 4) is 0 Å². The Hall–Kier alpha value is -1.16. The van der Waals surface area contributed by atoms with E-state index in [2.05, 4.69) is 21.5 Å². The molecule has 1 aliphatic rings. The van der Waals surface area contributed by atoms with Gasteiger partial charge < -0.3 is 9.84 Å². The van der Waals surface area contributed by atoms with Crippen LogP contribution in [0.15, 0.2) is 16.9 Å². The topological polar surface area (TPSA) is 51.0 Å². The SMILES string of the molecule is C1=C(c2ncno2)CNCC1. The van der Waals surface area contributed by atoms with Gasteiger partial charge in [0, 0.05) is 12.1 Å². The van der Waals surface area contributed by atoms with Gasteiger partial charge >= 0.3 is 0 Å². The third kappa shape index (κ3) is 1.30. The molecule has 2 heterocycles. The average molecular weight is 151 g/mol. The van der Waals surface area contributed by atoms with Crippen LogP contribution in [0.3, 0.4) is 0 Å². The third-order valence-corrected chi connectivity index (χ3v) is 1.66. The van der Waals surface area contributed by atoms with Crippen LogP contribution in [0.2, 0.25) is 0 Å². The van der Waals surface area contributed by atoms with Crippen LogP contribution < -0.4 is 5.32 Å². The largest absolute Gasteiger partial charge is 0.335 e. The van der Waals surface area contributed by atoms with Crippen molar-refractivity contribution < 1.29 is 4.52 Å². The van der Waals surface area contributed by atoms with Crippen molar-refractivity contribution in [3.05, 3.63) is 18.3 Å². The van der Waals surface area contributed by atoms with Gasteiger partial charge in [0.1, 0.15) is 0 Å². The summed E-state index contributed by atoms with van der Waals surface area (Å²) < 4.78 is 4.90. The van der Waals surface area contributed by atoms with Crippen molar-refractivity contribution in [2.75, 3.05) is 13.1 Å². The fourth-order valence-electron chi connectivity index (χ4n) is 1.12. The first-order valence-corrected chi connectivity index (χ1v) is 3.63. The minimum absolute atomic E-state index is 0.636. The van der Waals surface area contributed by atoms with E-state index in [0.717, 1.165) is 25.1 Å². The highest BCUT2D eigenvalue weighted by molar-refractivity contribution is 5.60. The Balaban J connectivity index is 2.22. The first-order chi connectivity index (χ1) is 5.47. The second-order valence-corrected chi connectivity index (χ2v) is 2.44. The molecule has 0 spiro atoms. The number of hydrogen-bond acceptors (Lipinski definition) is 4. The number of nitrogens with one attached hydrogen (secondary N) is 1. The van der Waals surface area contributed by atoms with E-state index < -0.39 is 0 Å². The molecule has 1 N–H and O–H groups in total. The summed E-state index contributed by atoms with van der Waals surface area (Å²) in [4.78, 5) is 3.95. The second kappa shape index (κ2) is 2.84. The van der Waals surface area contributed by atoms with Crippen molar-refractivity contribution in [2.45, 2.75) is 6.42 Å². The van der Waals surface area contributed by atoms with Crippen molar-refractivity contribution in [2.24, 2.45) is 0 Å². The van der Waals surface area contributed by atoms with Gasteiger partial charge in [-0.05, 0) is 13.0 Å². The molecule has 0 aliphatic carbocycles. The molecule has 1 aromatic heterocycles. The van der Waals surface area contributed by atoms with E-state index in [1.807, 2.05) is 0 Å². The highest BCUT2D eigenvalue weighted by Crippen LogP contribution is 2.12. The van der Waals surface area contributed by atoms with E-state index in [9.17, 15) is 0 Å². The van der Waals surface area contributed by atoms with Gasteiger partial charge in [-0.3, -0.25) is 0 Å². The summed E-state index contributed by atoms with van der Waals surface area (Å²) in [5.74, 6) is 0.636. The number of hydrogen-bond donors (Lipinski definition) is 1. The molecule has 0 saturated heterocycles. The maximum atomic E-state index is 4.90. The first-order valence-electron chi connectivity index (χ1n) is 3.63. The fourth-order valence-corrected chi connectivity index (χ4v) is 1.12. The molecule has 0 radical (unpaired) electrons. The second-order valence-electron chi connectivity index (χ2n) is 2.44. The molecular weight excluding hydrogens is 142 g/mol. The molecular formula is C7H9N3O. The molecule has 1 aliphatic heterocycles. The molecule has 0 bridgehead atoms. The van der Waals surface area contributed by atoms with Crippen LogP contribution in [-0.2, 0) is 0 Å².